The quantitative estimate of drug-likeness (QED) is 0.540. The van der Waals surface area contributed by atoms with Gasteiger partial charge in [-0.3, -0.25) is 4.79 Å². The fraction of sp³-hybridized carbons (Fsp3) is 0.438. The van der Waals surface area contributed by atoms with Crippen LogP contribution in [-0.4, -0.2) is 46.4 Å². The van der Waals surface area contributed by atoms with Crippen LogP contribution in [0.5, 0.6) is 0 Å². The number of hydrogen-bond acceptors (Lipinski definition) is 5. The minimum atomic E-state index is -0.924. The van der Waals surface area contributed by atoms with Crippen LogP contribution in [0.3, 0.4) is 0 Å². The number of carbonyl (C=O) groups excluding carboxylic acids is 1. The number of hydrogen-bond donors (Lipinski definition) is 3. The van der Waals surface area contributed by atoms with Crippen molar-refractivity contribution in [2.75, 3.05) is 6.61 Å². The molecule has 0 aliphatic rings. The van der Waals surface area contributed by atoms with E-state index in [4.69, 9.17) is 24.9 Å². The molecule has 7 nitrogen and oxygen atoms in total. The number of benzene rings is 1. The first-order chi connectivity index (χ1) is 10.9. The summed E-state index contributed by atoms with van der Waals surface area (Å²) >= 11 is 0. The number of carbonyl (C=O) groups is 3. The van der Waals surface area contributed by atoms with Crippen molar-refractivity contribution in [1.29, 1.82) is 0 Å². The number of carboxylic acids is 1. The van der Waals surface area contributed by atoms with Crippen molar-refractivity contribution in [2.45, 2.75) is 39.2 Å². The third-order valence-electron chi connectivity index (χ3n) is 2.30. The van der Waals surface area contributed by atoms with Gasteiger partial charge in [-0.1, -0.05) is 38.5 Å². The Labute approximate surface area is 135 Å². The summed E-state index contributed by atoms with van der Waals surface area (Å²) in [7, 11) is 0. The van der Waals surface area contributed by atoms with Crippen molar-refractivity contribution >= 4 is 18.4 Å². The SMILES string of the molecule is CCCOC(=O)C(O)CCC.O=C(O)c1ccccc1.O=CO. The summed E-state index contributed by atoms with van der Waals surface area (Å²) in [5.41, 5.74) is 0.331. The number of aliphatic hydroxyl groups excluding tert-OH is 1. The van der Waals surface area contributed by atoms with Crippen LogP contribution in [0.15, 0.2) is 30.3 Å². The van der Waals surface area contributed by atoms with Crippen LogP contribution in [0.4, 0.5) is 0 Å². The zero-order chi connectivity index (χ0) is 18.1. The Balaban J connectivity index is 0. The summed E-state index contributed by atoms with van der Waals surface area (Å²) in [5.74, 6) is -1.37. The Morgan fingerprint density at radius 2 is 1.70 bits per heavy atom. The summed E-state index contributed by atoms with van der Waals surface area (Å²) in [4.78, 5) is 29.4. The normalized spacial score (nSPS) is 10.0. The Hall–Kier alpha value is -2.41. The lowest BCUT2D eigenvalue weighted by Crippen LogP contribution is -2.22. The molecule has 0 radical (unpaired) electrons. The van der Waals surface area contributed by atoms with Gasteiger partial charge in [0, 0.05) is 0 Å². The van der Waals surface area contributed by atoms with Gasteiger partial charge in [0.15, 0.2) is 6.10 Å². The third kappa shape index (κ3) is 14.3. The van der Waals surface area contributed by atoms with Crippen LogP contribution in [-0.2, 0) is 14.3 Å². The fourth-order valence-corrected chi connectivity index (χ4v) is 1.27. The van der Waals surface area contributed by atoms with Crippen molar-refractivity contribution in [3.8, 4) is 0 Å². The molecule has 1 unspecified atom stereocenters. The van der Waals surface area contributed by atoms with Gasteiger partial charge < -0.3 is 20.1 Å². The molecule has 0 aliphatic carbocycles. The topological polar surface area (TPSA) is 121 Å². The molecule has 130 valence electrons. The highest BCUT2D eigenvalue weighted by atomic mass is 16.5. The van der Waals surface area contributed by atoms with E-state index in [1.54, 1.807) is 30.3 Å². The molecule has 1 atom stereocenters. The molecule has 0 spiro atoms. The molecule has 0 amide bonds. The van der Waals surface area contributed by atoms with Crippen LogP contribution in [0, 0.1) is 0 Å². The van der Waals surface area contributed by atoms with Gasteiger partial charge in [0.1, 0.15) is 0 Å². The highest BCUT2D eigenvalue weighted by Crippen LogP contribution is 1.98. The molecule has 0 bridgehead atoms. The van der Waals surface area contributed by atoms with E-state index < -0.39 is 18.0 Å². The average molecular weight is 328 g/mol. The molecule has 1 rings (SSSR count). The summed E-state index contributed by atoms with van der Waals surface area (Å²) in [5, 5.41) is 24.3. The monoisotopic (exact) mass is 328 g/mol. The van der Waals surface area contributed by atoms with Gasteiger partial charge in [0.05, 0.1) is 12.2 Å². The van der Waals surface area contributed by atoms with Gasteiger partial charge in [0.25, 0.3) is 6.47 Å². The predicted octanol–water partition coefficient (Wildman–Crippen LogP) is 2.19. The molecule has 1 aromatic carbocycles. The first kappa shape index (κ1) is 22.9. The van der Waals surface area contributed by atoms with Crippen LogP contribution in [0.25, 0.3) is 0 Å². The minimum Gasteiger partial charge on any atom is -0.483 e. The molecule has 0 aromatic heterocycles. The van der Waals surface area contributed by atoms with Gasteiger partial charge in [0.2, 0.25) is 0 Å². The zero-order valence-electron chi connectivity index (χ0n) is 13.3. The van der Waals surface area contributed by atoms with E-state index in [0.29, 0.717) is 18.6 Å². The lowest BCUT2D eigenvalue weighted by molar-refractivity contribution is -0.153. The third-order valence-corrected chi connectivity index (χ3v) is 2.30. The van der Waals surface area contributed by atoms with E-state index in [9.17, 15) is 9.59 Å². The van der Waals surface area contributed by atoms with E-state index in [1.807, 2.05) is 13.8 Å². The maximum absolute atomic E-state index is 10.8. The van der Waals surface area contributed by atoms with E-state index in [2.05, 4.69) is 0 Å². The second-order valence-electron chi connectivity index (χ2n) is 4.25. The van der Waals surface area contributed by atoms with E-state index in [-0.39, 0.29) is 6.47 Å². The summed E-state index contributed by atoms with van der Waals surface area (Å²) in [6.07, 6.45) is 1.15. The van der Waals surface area contributed by atoms with Gasteiger partial charge in [-0.05, 0) is 25.0 Å². The number of rotatable bonds is 6. The number of carboxylic acid groups (broad SMARTS) is 2. The maximum Gasteiger partial charge on any atom is 0.335 e. The molecular weight excluding hydrogens is 304 g/mol. The number of ether oxygens (including phenoxy) is 1. The van der Waals surface area contributed by atoms with Crippen LogP contribution in [0.2, 0.25) is 0 Å². The van der Waals surface area contributed by atoms with Crippen molar-refractivity contribution in [3.05, 3.63) is 35.9 Å². The zero-order valence-corrected chi connectivity index (χ0v) is 13.3. The molecule has 0 aliphatic heterocycles. The van der Waals surface area contributed by atoms with Crippen molar-refractivity contribution in [3.63, 3.8) is 0 Å². The number of esters is 1. The average Bonchev–Trinajstić information content (AvgIpc) is 2.55. The molecule has 7 heteroatoms. The van der Waals surface area contributed by atoms with Crippen molar-refractivity contribution in [1.82, 2.24) is 0 Å². The highest BCUT2D eigenvalue weighted by molar-refractivity contribution is 5.87. The highest BCUT2D eigenvalue weighted by Gasteiger charge is 2.14. The van der Waals surface area contributed by atoms with Crippen LogP contribution in [0.1, 0.15) is 43.5 Å². The van der Waals surface area contributed by atoms with E-state index in [1.165, 1.54) is 0 Å². The van der Waals surface area contributed by atoms with Gasteiger partial charge >= 0.3 is 11.9 Å². The Kier molecular flexibility index (Phi) is 15.9. The lowest BCUT2D eigenvalue weighted by atomic mass is 10.2. The van der Waals surface area contributed by atoms with Crippen molar-refractivity contribution in [2.24, 2.45) is 0 Å². The first-order valence-corrected chi connectivity index (χ1v) is 7.15. The largest absolute Gasteiger partial charge is 0.483 e. The molecule has 0 saturated carbocycles. The number of aliphatic hydroxyl groups is 1. The Bertz CT molecular complexity index is 431. The van der Waals surface area contributed by atoms with Crippen molar-refractivity contribution < 1.29 is 34.4 Å². The molecule has 3 N–H and O–H groups in total. The van der Waals surface area contributed by atoms with Gasteiger partial charge in [-0.2, -0.15) is 0 Å². The predicted molar refractivity (Wildman–Crippen MR) is 84.3 cm³/mol. The minimum absolute atomic E-state index is 0.250. The Morgan fingerprint density at radius 3 is 2.04 bits per heavy atom. The number of aromatic carboxylic acids is 1. The van der Waals surface area contributed by atoms with Gasteiger partial charge in [-0.15, -0.1) is 0 Å². The second-order valence-corrected chi connectivity index (χ2v) is 4.25. The summed E-state index contributed by atoms with van der Waals surface area (Å²) in [6.45, 7) is 3.98. The molecule has 0 fully saturated rings. The van der Waals surface area contributed by atoms with Crippen LogP contribution < -0.4 is 0 Å². The Morgan fingerprint density at radius 1 is 1.17 bits per heavy atom. The molecular formula is C16H24O7. The molecule has 0 heterocycles. The van der Waals surface area contributed by atoms with Crippen LogP contribution >= 0.6 is 0 Å². The summed E-state index contributed by atoms with van der Waals surface area (Å²) < 4.78 is 4.72. The molecule has 23 heavy (non-hydrogen) atoms. The van der Waals surface area contributed by atoms with Gasteiger partial charge in [-0.25, -0.2) is 9.59 Å². The second kappa shape index (κ2) is 16.0. The smallest absolute Gasteiger partial charge is 0.335 e. The maximum atomic E-state index is 10.8. The van der Waals surface area contributed by atoms with E-state index in [0.717, 1.165) is 12.8 Å². The molecule has 1 aromatic rings. The first-order valence-electron chi connectivity index (χ1n) is 7.15. The fourth-order valence-electron chi connectivity index (χ4n) is 1.27. The lowest BCUT2D eigenvalue weighted by Gasteiger charge is -2.07. The standard InChI is InChI=1S/C8H16O3.C7H6O2.CH2O2/c1-3-5-7(9)8(10)11-6-4-2;8-7(9)6-4-2-1-3-5-6;2-1-3/h7,9H,3-6H2,1-2H3;1-5H,(H,8,9);1H,(H,2,3). The summed E-state index contributed by atoms with van der Waals surface area (Å²) in [6, 6.07) is 8.30. The molecule has 0 saturated heterocycles. The van der Waals surface area contributed by atoms with E-state index >= 15 is 0 Å².